The second kappa shape index (κ2) is 7.97. The summed E-state index contributed by atoms with van der Waals surface area (Å²) in [6.07, 6.45) is 0. The maximum atomic E-state index is 12.3. The Balaban J connectivity index is 1.91. The number of aromatic hydroxyl groups is 1. The molecule has 0 aliphatic carbocycles. The van der Waals surface area contributed by atoms with Gasteiger partial charge in [-0.1, -0.05) is 18.7 Å². The number of rotatable bonds is 7. The first-order chi connectivity index (χ1) is 11.5. The standard InChI is InChI=1S/C19H18O5/c1-13(2)19(22)24-12-11-23-15-9-7-14(8-10-15)18(21)16-5-3-4-6-17(16)20/h3-10,20H,1,11-12H2,2H3. The molecule has 0 aromatic heterocycles. The van der Waals surface area contributed by atoms with Crippen molar-refractivity contribution in [1.29, 1.82) is 0 Å². The fourth-order valence-electron chi connectivity index (χ4n) is 1.94. The number of carbonyl (C=O) groups excluding carboxylic acids is 2. The van der Waals surface area contributed by atoms with Crippen LogP contribution in [0.3, 0.4) is 0 Å². The number of carbonyl (C=O) groups is 2. The lowest BCUT2D eigenvalue weighted by molar-refractivity contribution is -0.139. The predicted octanol–water partition coefficient (Wildman–Crippen LogP) is 3.12. The van der Waals surface area contributed by atoms with Gasteiger partial charge in [-0.2, -0.15) is 0 Å². The van der Waals surface area contributed by atoms with E-state index in [-0.39, 0.29) is 30.3 Å². The normalized spacial score (nSPS) is 10.0. The van der Waals surface area contributed by atoms with Crippen LogP contribution in [0.1, 0.15) is 22.8 Å². The summed E-state index contributed by atoms with van der Waals surface area (Å²) in [7, 11) is 0. The third-order valence-corrected chi connectivity index (χ3v) is 3.20. The highest BCUT2D eigenvalue weighted by Crippen LogP contribution is 2.21. The number of benzene rings is 2. The molecular weight excluding hydrogens is 308 g/mol. The first kappa shape index (κ1) is 17.3. The van der Waals surface area contributed by atoms with Gasteiger partial charge in [0.2, 0.25) is 0 Å². The van der Waals surface area contributed by atoms with Gasteiger partial charge in [0, 0.05) is 11.1 Å². The van der Waals surface area contributed by atoms with Crippen LogP contribution in [0.15, 0.2) is 60.7 Å². The molecule has 2 aromatic carbocycles. The molecular formula is C19H18O5. The van der Waals surface area contributed by atoms with Gasteiger partial charge < -0.3 is 14.6 Å². The van der Waals surface area contributed by atoms with Crippen LogP contribution in [0.4, 0.5) is 0 Å². The smallest absolute Gasteiger partial charge is 0.333 e. The molecule has 0 atom stereocenters. The Kier molecular flexibility index (Phi) is 5.73. The lowest BCUT2D eigenvalue weighted by Crippen LogP contribution is -2.12. The molecule has 0 bridgehead atoms. The van der Waals surface area contributed by atoms with Crippen molar-refractivity contribution in [3.8, 4) is 11.5 Å². The molecule has 0 aliphatic heterocycles. The van der Waals surface area contributed by atoms with Crippen molar-refractivity contribution in [3.63, 3.8) is 0 Å². The van der Waals surface area contributed by atoms with E-state index in [2.05, 4.69) is 6.58 Å². The zero-order chi connectivity index (χ0) is 17.5. The monoisotopic (exact) mass is 326 g/mol. The highest BCUT2D eigenvalue weighted by molar-refractivity contribution is 6.10. The van der Waals surface area contributed by atoms with Crippen molar-refractivity contribution in [2.75, 3.05) is 13.2 Å². The van der Waals surface area contributed by atoms with Crippen molar-refractivity contribution < 1.29 is 24.2 Å². The summed E-state index contributed by atoms with van der Waals surface area (Å²) >= 11 is 0. The van der Waals surface area contributed by atoms with Gasteiger partial charge in [-0.15, -0.1) is 0 Å². The van der Waals surface area contributed by atoms with E-state index in [1.807, 2.05) is 0 Å². The Morgan fingerprint density at radius 3 is 2.33 bits per heavy atom. The quantitative estimate of drug-likeness (QED) is 0.366. The second-order valence-corrected chi connectivity index (χ2v) is 5.14. The van der Waals surface area contributed by atoms with E-state index in [0.29, 0.717) is 16.9 Å². The second-order valence-electron chi connectivity index (χ2n) is 5.14. The van der Waals surface area contributed by atoms with Gasteiger partial charge in [-0.05, 0) is 43.3 Å². The van der Waals surface area contributed by atoms with E-state index < -0.39 is 5.97 Å². The SMILES string of the molecule is C=C(C)C(=O)OCCOc1ccc(C(=O)c2ccccc2O)cc1. The van der Waals surface area contributed by atoms with E-state index in [9.17, 15) is 14.7 Å². The first-order valence-corrected chi connectivity index (χ1v) is 7.37. The molecule has 1 N–H and O–H groups in total. The highest BCUT2D eigenvalue weighted by Gasteiger charge is 2.12. The summed E-state index contributed by atoms with van der Waals surface area (Å²) in [5.41, 5.74) is 1.03. The number of phenols is 1. The van der Waals surface area contributed by atoms with Crippen LogP contribution < -0.4 is 4.74 Å². The van der Waals surface area contributed by atoms with E-state index >= 15 is 0 Å². The molecule has 0 amide bonds. The molecule has 124 valence electrons. The number of para-hydroxylation sites is 1. The molecule has 0 saturated carbocycles. The van der Waals surface area contributed by atoms with E-state index in [0.717, 1.165) is 0 Å². The number of phenolic OH excluding ortho intramolecular Hbond substituents is 1. The molecule has 0 unspecified atom stereocenters. The summed E-state index contributed by atoms with van der Waals surface area (Å²) < 4.78 is 10.3. The molecule has 0 saturated heterocycles. The third-order valence-electron chi connectivity index (χ3n) is 3.20. The van der Waals surface area contributed by atoms with Crippen LogP contribution in [0.25, 0.3) is 0 Å². The van der Waals surface area contributed by atoms with Crippen LogP contribution in [0.5, 0.6) is 11.5 Å². The van der Waals surface area contributed by atoms with Crippen molar-refractivity contribution >= 4 is 11.8 Å². The molecule has 2 rings (SSSR count). The van der Waals surface area contributed by atoms with Gasteiger partial charge in [0.1, 0.15) is 24.7 Å². The third kappa shape index (κ3) is 4.46. The minimum atomic E-state index is -0.456. The number of hydrogen-bond donors (Lipinski definition) is 1. The Morgan fingerprint density at radius 2 is 1.71 bits per heavy atom. The number of ketones is 1. The van der Waals surface area contributed by atoms with Crippen LogP contribution in [-0.4, -0.2) is 30.1 Å². The molecule has 5 heteroatoms. The average molecular weight is 326 g/mol. The number of hydrogen-bond acceptors (Lipinski definition) is 5. The summed E-state index contributed by atoms with van der Waals surface area (Å²) in [6.45, 7) is 5.37. The maximum Gasteiger partial charge on any atom is 0.333 e. The Bertz CT molecular complexity index is 747. The topological polar surface area (TPSA) is 72.8 Å². The van der Waals surface area contributed by atoms with Gasteiger partial charge >= 0.3 is 5.97 Å². The minimum Gasteiger partial charge on any atom is -0.507 e. The van der Waals surface area contributed by atoms with Gasteiger partial charge in [0.15, 0.2) is 5.78 Å². The lowest BCUT2D eigenvalue weighted by atomic mass is 10.0. The predicted molar refractivity (Wildman–Crippen MR) is 89.2 cm³/mol. The number of ether oxygens (including phenoxy) is 2. The van der Waals surface area contributed by atoms with Gasteiger partial charge in [-0.25, -0.2) is 4.79 Å². The first-order valence-electron chi connectivity index (χ1n) is 7.37. The molecule has 0 radical (unpaired) electrons. The van der Waals surface area contributed by atoms with E-state index in [1.54, 1.807) is 49.4 Å². The average Bonchev–Trinajstić information content (AvgIpc) is 2.59. The lowest BCUT2D eigenvalue weighted by Gasteiger charge is -2.08. The van der Waals surface area contributed by atoms with Crippen molar-refractivity contribution in [3.05, 3.63) is 71.8 Å². The summed E-state index contributed by atoms with van der Waals surface area (Å²) in [6, 6.07) is 12.9. The molecule has 0 aliphatic rings. The van der Waals surface area contributed by atoms with E-state index in [1.165, 1.54) is 6.07 Å². The summed E-state index contributed by atoms with van der Waals surface area (Å²) in [5.74, 6) is -0.227. The molecule has 5 nitrogen and oxygen atoms in total. The molecule has 0 fully saturated rings. The van der Waals surface area contributed by atoms with Gasteiger partial charge in [0.25, 0.3) is 0 Å². The summed E-state index contributed by atoms with van der Waals surface area (Å²) in [5, 5.41) is 9.73. The zero-order valence-electron chi connectivity index (χ0n) is 13.3. The molecule has 0 heterocycles. The largest absolute Gasteiger partial charge is 0.507 e. The molecule has 2 aromatic rings. The fourth-order valence-corrected chi connectivity index (χ4v) is 1.94. The van der Waals surface area contributed by atoms with Gasteiger partial charge in [0.05, 0.1) is 5.56 Å². The maximum absolute atomic E-state index is 12.3. The Labute approximate surface area is 140 Å². The van der Waals surface area contributed by atoms with Crippen LogP contribution >= 0.6 is 0 Å². The Morgan fingerprint density at radius 1 is 1.04 bits per heavy atom. The summed E-state index contributed by atoms with van der Waals surface area (Å²) in [4.78, 5) is 23.5. The van der Waals surface area contributed by atoms with Crippen molar-refractivity contribution in [2.45, 2.75) is 6.92 Å². The number of esters is 1. The van der Waals surface area contributed by atoms with Crippen LogP contribution in [0.2, 0.25) is 0 Å². The minimum absolute atomic E-state index is 0.0536. The Hall–Kier alpha value is -3.08. The van der Waals surface area contributed by atoms with Gasteiger partial charge in [-0.3, -0.25) is 4.79 Å². The van der Waals surface area contributed by atoms with E-state index in [4.69, 9.17) is 9.47 Å². The van der Waals surface area contributed by atoms with Crippen LogP contribution in [-0.2, 0) is 9.53 Å². The fraction of sp³-hybridized carbons (Fsp3) is 0.158. The van der Waals surface area contributed by atoms with Crippen LogP contribution in [0, 0.1) is 0 Å². The van der Waals surface area contributed by atoms with Crippen molar-refractivity contribution in [2.24, 2.45) is 0 Å². The van der Waals surface area contributed by atoms with Crippen molar-refractivity contribution in [1.82, 2.24) is 0 Å². The molecule has 24 heavy (non-hydrogen) atoms. The highest BCUT2D eigenvalue weighted by atomic mass is 16.6. The molecule has 0 spiro atoms. The zero-order valence-corrected chi connectivity index (χ0v) is 13.3.